The number of primary amides is 2. The Morgan fingerprint density at radius 1 is 0.445 bits per heavy atom. The zero-order valence-electron chi connectivity index (χ0n) is 61.5. The predicted molar refractivity (Wildman–Crippen MR) is 419 cm³/mol. The molecule has 0 spiro atoms. The molecule has 9 aromatic heterocycles. The number of hydrogen-bond donors (Lipinski definition) is 6. The van der Waals surface area contributed by atoms with Gasteiger partial charge in [-0.3, -0.25) is 29.9 Å². The molecule has 9 heterocycles. The molecule has 3 aromatic carbocycles. The number of halogens is 3. The highest BCUT2D eigenvalue weighted by Gasteiger charge is 2.26. The van der Waals surface area contributed by atoms with Gasteiger partial charge < -0.3 is 80.8 Å². The fraction of sp³-hybridized carbons (Fsp3) is 0.256. The summed E-state index contributed by atoms with van der Waals surface area (Å²) >= 11 is 4.32. The van der Waals surface area contributed by atoms with Gasteiger partial charge in [0.2, 0.25) is 0 Å². The van der Waals surface area contributed by atoms with Gasteiger partial charge in [-0.2, -0.15) is 0 Å². The summed E-state index contributed by atoms with van der Waals surface area (Å²) in [6, 6.07) is 33.2. The van der Waals surface area contributed by atoms with Crippen molar-refractivity contribution in [1.82, 2.24) is 45.0 Å². The number of anilines is 3. The third-order valence-corrected chi connectivity index (χ3v) is 18.9. The number of nitrogens with two attached hydrogens (primary N) is 3. The molecule has 0 unspecified atom stereocenters. The van der Waals surface area contributed by atoms with E-state index in [2.05, 4.69) is 45.9 Å². The van der Waals surface area contributed by atoms with Crippen LogP contribution in [0.15, 0.2) is 165 Å². The monoisotopic (exact) mass is 1560 g/mol. The molecule has 26 nitrogen and oxygen atoms in total. The number of hydrogen-bond acceptors (Lipinski definition) is 23. The number of thiophene rings is 3. The molecular weight excluding hydrogens is 1480 g/mol. The van der Waals surface area contributed by atoms with Crippen LogP contribution in [0.2, 0.25) is 0 Å². The third kappa shape index (κ3) is 23.0. The molecule has 0 saturated carbocycles. The number of aromatic nitrogens is 6. The summed E-state index contributed by atoms with van der Waals surface area (Å²) in [7, 11) is 4.84. The van der Waals surface area contributed by atoms with E-state index in [1.807, 2.05) is 102 Å². The highest BCUT2D eigenvalue weighted by molar-refractivity contribution is 7.23. The molecule has 574 valence electrons. The van der Waals surface area contributed by atoms with Crippen LogP contribution in [0.1, 0.15) is 58.2 Å². The van der Waals surface area contributed by atoms with Gasteiger partial charge in [0.15, 0.2) is 34.7 Å². The number of urea groups is 2. The van der Waals surface area contributed by atoms with Gasteiger partial charge in [-0.25, -0.2) is 32.3 Å². The van der Waals surface area contributed by atoms with Crippen molar-refractivity contribution in [3.05, 3.63) is 199 Å². The fourth-order valence-corrected chi connectivity index (χ4v) is 13.4. The predicted octanol–water partition coefficient (Wildman–Crippen LogP) is 16.9. The zero-order valence-corrected chi connectivity index (χ0v) is 64.0. The molecule has 12 aromatic rings. The Morgan fingerprint density at radius 3 is 1.14 bits per heavy atom. The number of benzene rings is 3. The minimum Gasteiger partial charge on any atom is -0.453 e. The van der Waals surface area contributed by atoms with Crippen LogP contribution < -0.4 is 47.4 Å². The Bertz CT molecular complexity index is 5160. The number of ether oxygens (including phenoxy) is 8. The Labute approximate surface area is 643 Å². The molecule has 0 aliphatic carbocycles. The summed E-state index contributed by atoms with van der Waals surface area (Å²) < 4.78 is 89.5. The first-order valence-corrected chi connectivity index (χ1v) is 36.6. The minimum atomic E-state index is -0.789. The molecule has 0 aliphatic heterocycles. The average Bonchev–Trinajstić information content (AvgIpc) is 1.66. The second kappa shape index (κ2) is 37.4. The maximum Gasteiger partial charge on any atom is 0.410 e. The van der Waals surface area contributed by atoms with Crippen LogP contribution in [-0.2, 0) is 43.3 Å². The topological polar surface area (TPSA) is 340 Å². The summed E-state index contributed by atoms with van der Waals surface area (Å²) in [6.07, 6.45) is 9.26. The van der Waals surface area contributed by atoms with E-state index >= 15 is 0 Å². The van der Waals surface area contributed by atoms with E-state index in [4.69, 9.17) is 55.1 Å². The van der Waals surface area contributed by atoms with Crippen LogP contribution >= 0.6 is 34.0 Å². The van der Waals surface area contributed by atoms with Crippen LogP contribution in [0.4, 0.5) is 49.4 Å². The Balaban J connectivity index is 0.000000176. The van der Waals surface area contributed by atoms with Crippen LogP contribution in [0.3, 0.4) is 0 Å². The second-order valence-corrected chi connectivity index (χ2v) is 29.4. The van der Waals surface area contributed by atoms with E-state index < -0.39 is 52.9 Å². The maximum atomic E-state index is 14.6. The number of carbonyl (C=O) groups excluding carboxylic acids is 4. The van der Waals surface area contributed by atoms with Crippen LogP contribution in [0.25, 0.3) is 62.4 Å². The first-order valence-electron chi connectivity index (χ1n) is 34.1. The number of nitrogen functional groups attached to an aromatic ring is 1. The normalized spacial score (nSPS) is 11.3. The number of rotatable bonds is 26. The van der Waals surface area contributed by atoms with E-state index in [1.54, 1.807) is 86.4 Å². The van der Waals surface area contributed by atoms with Crippen molar-refractivity contribution >= 4 is 106 Å². The lowest BCUT2D eigenvalue weighted by Gasteiger charge is -2.27. The maximum absolute atomic E-state index is 14.6. The number of nitrogens with one attached hydrogen (secondary N) is 3. The molecule has 0 saturated heterocycles. The first-order chi connectivity index (χ1) is 52.7. The van der Waals surface area contributed by atoms with Crippen molar-refractivity contribution < 1.29 is 70.2 Å². The second-order valence-electron chi connectivity index (χ2n) is 26.3. The molecule has 110 heavy (non-hydrogen) atoms. The van der Waals surface area contributed by atoms with Crippen LogP contribution in [0, 0.1) is 17.5 Å². The van der Waals surface area contributed by atoms with Gasteiger partial charge in [-0.15, -0.1) is 34.0 Å². The Hall–Kier alpha value is -11.7. The molecule has 9 N–H and O–H groups in total. The van der Waals surface area contributed by atoms with Gasteiger partial charge in [0.05, 0.1) is 95.3 Å². The van der Waals surface area contributed by atoms with Gasteiger partial charge in [-0.05, 0) is 131 Å². The van der Waals surface area contributed by atoms with Crippen molar-refractivity contribution in [2.75, 3.05) is 77.2 Å². The molecule has 32 heteroatoms. The summed E-state index contributed by atoms with van der Waals surface area (Å²) in [5.41, 5.74) is 22.5. The quantitative estimate of drug-likeness (QED) is 0.0217. The molecule has 0 atom stereocenters. The summed E-state index contributed by atoms with van der Waals surface area (Å²) in [5, 5.41) is 7.93. The van der Waals surface area contributed by atoms with Crippen LogP contribution in [-0.4, -0.2) is 136 Å². The molecule has 0 fully saturated rings. The van der Waals surface area contributed by atoms with Crippen molar-refractivity contribution in [2.24, 2.45) is 11.5 Å². The molecule has 0 radical (unpaired) electrons. The summed E-state index contributed by atoms with van der Waals surface area (Å²) in [5.74, 6) is -0.322. The van der Waals surface area contributed by atoms with Crippen molar-refractivity contribution in [3.63, 3.8) is 0 Å². The van der Waals surface area contributed by atoms with Gasteiger partial charge in [-0.1, -0.05) is 18.2 Å². The van der Waals surface area contributed by atoms with Crippen molar-refractivity contribution in [3.8, 4) is 66.2 Å². The van der Waals surface area contributed by atoms with E-state index in [0.29, 0.717) is 86.7 Å². The molecule has 6 amide bonds. The Morgan fingerprint density at radius 2 is 0.809 bits per heavy atom. The number of nitrogens with zero attached hydrogens (tertiary/aromatic N) is 8. The lowest BCUT2D eigenvalue weighted by atomic mass is 10.2. The van der Waals surface area contributed by atoms with E-state index in [0.717, 1.165) is 86.5 Å². The number of methoxy groups -OCH3 is 3. The fourth-order valence-electron chi connectivity index (χ4n) is 10.3. The van der Waals surface area contributed by atoms with Crippen molar-refractivity contribution in [2.45, 2.75) is 72.4 Å². The van der Waals surface area contributed by atoms with E-state index in [1.165, 1.54) is 70.4 Å². The SMILES string of the molecule is COCCN(Cc1ccc(-c2cc3nccc(Oc4ccc(N)cc4F)c3s2)nc1)C(=O)OC(C)(C)C.COCCN(Cc1ccc(-c2cc3nccc(Oc4ccc(NC(N)=O)cc4F)c3s2)nc1)C(=O)OC(C)(C)C.COCCNCc1ccc(-c2cc3nccc(Oc4ccc(NC(N)=O)cc4F)c3s2)nc1. The molecule has 0 bridgehead atoms. The lowest BCUT2D eigenvalue weighted by molar-refractivity contribution is 0.0175. The van der Waals surface area contributed by atoms with E-state index in [9.17, 15) is 32.3 Å². The molecule has 12 rings (SSSR count). The minimum absolute atomic E-state index is 0.0111. The first kappa shape index (κ1) is 80.9. The zero-order chi connectivity index (χ0) is 78.7. The van der Waals surface area contributed by atoms with Gasteiger partial charge in [0.25, 0.3) is 0 Å². The smallest absolute Gasteiger partial charge is 0.410 e. The van der Waals surface area contributed by atoms with Gasteiger partial charge >= 0.3 is 24.2 Å². The number of amides is 6. The van der Waals surface area contributed by atoms with Crippen molar-refractivity contribution in [1.29, 1.82) is 0 Å². The largest absolute Gasteiger partial charge is 0.453 e. The molecular formula is C78H81F3N14O12S3. The summed E-state index contributed by atoms with van der Waals surface area (Å²) in [4.78, 5) is 80.1. The number of fused-ring (bicyclic) bond motifs is 3. The standard InChI is InChI=1S/C28H30FN5O5S.C27H29FN4O4S.C23H22FN5O3S/c1-28(2,3)39-27(36)34(11-12-37-4)16-17-5-7-20(32-15-17)24-14-21-25(40-24)23(9-10-31-21)38-22-8-6-18(13-19(22)29)33-26(30)35;1-27(2,3)36-26(33)32(11-12-34-4)16-17-5-7-20(31-15-17)24-14-21-25(37-24)23(9-10-30-21)35-22-8-6-18(29)13-19(22)28;1-31-9-8-26-12-14-2-4-17(28-13-14)21-11-18-22(33-21)20(6-7-27-18)32-19-5-3-15(10-16(19)24)29-23(25)30/h5-10,13-15H,11-12,16H2,1-4H3,(H3,30,33,35);5-10,13-15H,11-12,16,29H2,1-4H3;2-7,10-11,13,26H,8-9,12H2,1H3,(H3,25,29,30). The van der Waals surface area contributed by atoms with E-state index in [-0.39, 0.29) is 28.6 Å². The number of carbonyl (C=O) groups is 4. The highest BCUT2D eigenvalue weighted by atomic mass is 32.1. The summed E-state index contributed by atoms with van der Waals surface area (Å²) in [6.45, 7) is 15.3. The Kier molecular flexibility index (Phi) is 27.5. The highest BCUT2D eigenvalue weighted by Crippen LogP contribution is 2.43. The lowest BCUT2D eigenvalue weighted by Crippen LogP contribution is -2.38. The van der Waals surface area contributed by atoms with Gasteiger partial charge in [0, 0.05) is 138 Å². The molecule has 0 aliphatic rings. The third-order valence-electron chi connectivity index (χ3n) is 15.4. The van der Waals surface area contributed by atoms with Crippen LogP contribution in [0.5, 0.6) is 34.5 Å². The van der Waals surface area contributed by atoms with Gasteiger partial charge in [0.1, 0.15) is 28.5 Å². The number of pyridine rings is 6. The average molecular weight is 1560 g/mol.